The molecule has 128 valence electrons. The molecule has 0 radical (unpaired) electrons. The van der Waals surface area contributed by atoms with E-state index >= 15 is 0 Å². The molecule has 5 nitrogen and oxygen atoms in total. The van der Waals surface area contributed by atoms with Crippen molar-refractivity contribution in [3.8, 4) is 5.75 Å². The Morgan fingerprint density at radius 1 is 1.30 bits per heavy atom. The van der Waals surface area contributed by atoms with Crippen molar-refractivity contribution in [1.82, 2.24) is 10.2 Å². The van der Waals surface area contributed by atoms with Gasteiger partial charge in [-0.05, 0) is 45.0 Å². The van der Waals surface area contributed by atoms with E-state index in [0.29, 0.717) is 24.1 Å². The summed E-state index contributed by atoms with van der Waals surface area (Å²) < 4.78 is 10.9. The van der Waals surface area contributed by atoms with Crippen molar-refractivity contribution in [1.29, 1.82) is 0 Å². The number of amides is 1. The van der Waals surface area contributed by atoms with E-state index in [4.69, 9.17) is 21.1 Å². The molecule has 1 fully saturated rings. The number of carbonyl (C=O) groups is 1. The van der Waals surface area contributed by atoms with Crippen LogP contribution in [0.25, 0.3) is 0 Å². The molecule has 0 bridgehead atoms. The van der Waals surface area contributed by atoms with E-state index in [1.54, 1.807) is 0 Å². The van der Waals surface area contributed by atoms with Crippen molar-refractivity contribution < 1.29 is 14.3 Å². The number of nitrogens with zero attached hydrogens (tertiary/aromatic N) is 1. The van der Waals surface area contributed by atoms with Gasteiger partial charge >= 0.3 is 6.09 Å². The Morgan fingerprint density at radius 2 is 1.96 bits per heavy atom. The number of benzene rings is 1. The molecule has 23 heavy (non-hydrogen) atoms. The highest BCUT2D eigenvalue weighted by Crippen LogP contribution is 2.17. The third-order valence-electron chi connectivity index (χ3n) is 3.46. The molecule has 0 aromatic heterocycles. The zero-order chi connectivity index (χ0) is 16.9. The highest BCUT2D eigenvalue weighted by molar-refractivity contribution is 6.30. The van der Waals surface area contributed by atoms with E-state index in [1.165, 1.54) is 0 Å². The topological polar surface area (TPSA) is 50.8 Å². The quantitative estimate of drug-likeness (QED) is 0.864. The number of hydrogen-bond acceptors (Lipinski definition) is 4. The number of halogens is 1. The molecule has 2 rings (SSSR count). The normalized spacial score (nSPS) is 15.8. The number of nitrogens with one attached hydrogen (secondary N) is 1. The zero-order valence-corrected chi connectivity index (χ0v) is 14.7. The Kier molecular flexibility index (Phi) is 6.13. The summed E-state index contributed by atoms with van der Waals surface area (Å²) in [5, 5.41) is 3.53. The van der Waals surface area contributed by atoms with Crippen molar-refractivity contribution >= 4 is 17.7 Å². The molecule has 0 atom stereocenters. The van der Waals surface area contributed by atoms with Gasteiger partial charge in [0.05, 0.1) is 0 Å². The third kappa shape index (κ3) is 6.67. The fourth-order valence-electron chi connectivity index (χ4n) is 2.35. The molecular weight excluding hydrogens is 316 g/mol. The highest BCUT2D eigenvalue weighted by Gasteiger charge is 2.27. The summed E-state index contributed by atoms with van der Waals surface area (Å²) in [7, 11) is 0. The zero-order valence-electron chi connectivity index (χ0n) is 14.0. The van der Waals surface area contributed by atoms with Crippen molar-refractivity contribution in [3.63, 3.8) is 0 Å². The molecule has 1 heterocycles. The van der Waals surface area contributed by atoms with E-state index < -0.39 is 5.60 Å². The second-order valence-electron chi connectivity index (χ2n) is 6.81. The standard InChI is InChI=1S/C17H25ClN2O3/c1-17(2,3)23-16(21)19-10-13-11-20(12-13)8-9-22-15-6-4-14(18)5-7-15/h4-7,13H,8-12H2,1-3H3,(H,19,21). The molecular formula is C17H25ClN2O3. The molecule has 1 aliphatic rings. The maximum absolute atomic E-state index is 11.6. The molecule has 0 spiro atoms. The van der Waals surface area contributed by atoms with Gasteiger partial charge in [0.1, 0.15) is 18.0 Å². The van der Waals surface area contributed by atoms with Crippen LogP contribution < -0.4 is 10.1 Å². The predicted molar refractivity (Wildman–Crippen MR) is 91.1 cm³/mol. The van der Waals surface area contributed by atoms with Gasteiger partial charge in [-0.25, -0.2) is 4.79 Å². The van der Waals surface area contributed by atoms with Crippen LogP contribution in [-0.2, 0) is 4.74 Å². The van der Waals surface area contributed by atoms with Gasteiger partial charge in [-0.3, -0.25) is 4.90 Å². The fraction of sp³-hybridized carbons (Fsp3) is 0.588. The van der Waals surface area contributed by atoms with Crippen LogP contribution in [0.4, 0.5) is 4.79 Å². The Bertz CT molecular complexity index is 508. The maximum atomic E-state index is 11.6. The molecule has 1 aromatic rings. The van der Waals surface area contributed by atoms with Gasteiger partial charge in [0.2, 0.25) is 0 Å². The van der Waals surface area contributed by atoms with Gasteiger partial charge in [0.25, 0.3) is 0 Å². The van der Waals surface area contributed by atoms with Crippen LogP contribution >= 0.6 is 11.6 Å². The van der Waals surface area contributed by atoms with Gasteiger partial charge in [0, 0.05) is 37.1 Å². The lowest BCUT2D eigenvalue weighted by molar-refractivity contribution is 0.0449. The lowest BCUT2D eigenvalue weighted by Gasteiger charge is -2.39. The van der Waals surface area contributed by atoms with Crippen molar-refractivity contribution in [2.45, 2.75) is 26.4 Å². The van der Waals surface area contributed by atoms with Crippen molar-refractivity contribution in [2.24, 2.45) is 5.92 Å². The van der Waals surface area contributed by atoms with Gasteiger partial charge in [-0.1, -0.05) is 11.6 Å². The first-order valence-corrected chi connectivity index (χ1v) is 8.27. The lowest BCUT2D eigenvalue weighted by atomic mass is 10.0. The fourth-order valence-corrected chi connectivity index (χ4v) is 2.48. The summed E-state index contributed by atoms with van der Waals surface area (Å²) >= 11 is 5.83. The van der Waals surface area contributed by atoms with E-state index in [9.17, 15) is 4.79 Å². The minimum Gasteiger partial charge on any atom is -0.492 e. The van der Waals surface area contributed by atoms with E-state index in [2.05, 4.69) is 10.2 Å². The first-order chi connectivity index (χ1) is 10.8. The molecule has 0 aliphatic carbocycles. The van der Waals surface area contributed by atoms with Crippen LogP contribution in [0.3, 0.4) is 0 Å². The monoisotopic (exact) mass is 340 g/mol. The van der Waals surface area contributed by atoms with Crippen molar-refractivity contribution in [3.05, 3.63) is 29.3 Å². The summed E-state index contributed by atoms with van der Waals surface area (Å²) in [6.07, 6.45) is -0.345. The largest absolute Gasteiger partial charge is 0.492 e. The van der Waals surface area contributed by atoms with Crippen LogP contribution in [0, 0.1) is 5.92 Å². The van der Waals surface area contributed by atoms with Gasteiger partial charge in [-0.15, -0.1) is 0 Å². The second-order valence-corrected chi connectivity index (χ2v) is 7.25. The van der Waals surface area contributed by atoms with Crippen LogP contribution in [0.1, 0.15) is 20.8 Å². The average Bonchev–Trinajstić information content (AvgIpc) is 2.40. The number of hydrogen-bond donors (Lipinski definition) is 1. The van der Waals surface area contributed by atoms with Crippen LogP contribution in [0.15, 0.2) is 24.3 Å². The molecule has 0 saturated carbocycles. The van der Waals surface area contributed by atoms with E-state index in [-0.39, 0.29) is 6.09 Å². The summed E-state index contributed by atoms with van der Waals surface area (Å²) in [6.45, 7) is 9.71. The summed E-state index contributed by atoms with van der Waals surface area (Å²) in [5.74, 6) is 1.32. The predicted octanol–water partition coefficient (Wildman–Crippen LogP) is 3.18. The lowest BCUT2D eigenvalue weighted by Crippen LogP contribution is -2.52. The summed E-state index contributed by atoms with van der Waals surface area (Å²) in [4.78, 5) is 13.9. The van der Waals surface area contributed by atoms with E-state index in [0.717, 1.165) is 25.4 Å². The molecule has 0 unspecified atom stereocenters. The van der Waals surface area contributed by atoms with Crippen LogP contribution in [0.5, 0.6) is 5.75 Å². The molecule has 1 N–H and O–H groups in total. The minimum atomic E-state index is -0.450. The minimum absolute atomic E-state index is 0.345. The molecule has 1 amide bonds. The van der Waals surface area contributed by atoms with Crippen molar-refractivity contribution in [2.75, 3.05) is 32.8 Å². The first-order valence-electron chi connectivity index (χ1n) is 7.89. The number of alkyl carbamates (subject to hydrolysis) is 1. The first kappa shape index (κ1) is 17.9. The Labute approximate surface area is 142 Å². The van der Waals surface area contributed by atoms with Crippen LogP contribution in [0.2, 0.25) is 5.02 Å². The number of carbonyl (C=O) groups excluding carboxylic acids is 1. The summed E-state index contributed by atoms with van der Waals surface area (Å²) in [6, 6.07) is 7.37. The Hall–Kier alpha value is -1.46. The number of ether oxygens (including phenoxy) is 2. The smallest absolute Gasteiger partial charge is 0.407 e. The van der Waals surface area contributed by atoms with Gasteiger partial charge in [-0.2, -0.15) is 0 Å². The van der Waals surface area contributed by atoms with E-state index in [1.807, 2.05) is 45.0 Å². The van der Waals surface area contributed by atoms with Gasteiger partial charge in [0.15, 0.2) is 0 Å². The second kappa shape index (κ2) is 7.88. The maximum Gasteiger partial charge on any atom is 0.407 e. The number of rotatable bonds is 6. The molecule has 1 aliphatic heterocycles. The summed E-state index contributed by atoms with van der Waals surface area (Å²) in [5.41, 5.74) is -0.450. The molecule has 1 saturated heterocycles. The third-order valence-corrected chi connectivity index (χ3v) is 3.71. The van der Waals surface area contributed by atoms with Gasteiger partial charge < -0.3 is 14.8 Å². The Morgan fingerprint density at radius 3 is 2.57 bits per heavy atom. The molecule has 1 aromatic carbocycles. The number of likely N-dealkylation sites (tertiary alicyclic amines) is 1. The average molecular weight is 341 g/mol. The SMILES string of the molecule is CC(C)(C)OC(=O)NCC1CN(CCOc2ccc(Cl)cc2)C1. The Balaban J connectivity index is 1.53. The van der Waals surface area contributed by atoms with Crippen LogP contribution in [-0.4, -0.2) is 49.4 Å². The highest BCUT2D eigenvalue weighted by atomic mass is 35.5. The molecule has 6 heteroatoms.